The highest BCUT2D eigenvalue weighted by atomic mass is 79.9. The van der Waals surface area contributed by atoms with Crippen LogP contribution in [0.2, 0.25) is 0 Å². The number of allylic oxidation sites excluding steroid dienone is 1. The molecule has 0 aliphatic carbocycles. The Labute approximate surface area is 97.9 Å². The number of hydrogen-bond donors (Lipinski definition) is 1. The van der Waals surface area contributed by atoms with E-state index in [1.54, 1.807) is 18.3 Å². The lowest BCUT2D eigenvalue weighted by Crippen LogP contribution is -2.00. The number of methoxy groups -OCH3 is 1. The summed E-state index contributed by atoms with van der Waals surface area (Å²) in [6, 6.07) is 1.80. The molecule has 0 fully saturated rings. The standard InChI is InChI=1S/C11H14BrNO2/c1-7(2)4-10(14)9-5-8(12)6-13-11(9)15-3/h4-6,10,14H,1-3H3. The van der Waals surface area contributed by atoms with E-state index < -0.39 is 6.10 Å². The summed E-state index contributed by atoms with van der Waals surface area (Å²) < 4.78 is 5.90. The van der Waals surface area contributed by atoms with Crippen molar-refractivity contribution in [3.8, 4) is 5.88 Å². The van der Waals surface area contributed by atoms with Crippen LogP contribution >= 0.6 is 15.9 Å². The molecule has 0 saturated carbocycles. The Morgan fingerprint density at radius 2 is 2.27 bits per heavy atom. The van der Waals surface area contributed by atoms with Crippen LogP contribution < -0.4 is 4.74 Å². The third-order valence-electron chi connectivity index (χ3n) is 1.85. The Hall–Kier alpha value is -0.870. The maximum atomic E-state index is 9.91. The largest absolute Gasteiger partial charge is 0.481 e. The molecule has 0 bridgehead atoms. The number of nitrogens with zero attached hydrogens (tertiary/aromatic N) is 1. The third kappa shape index (κ3) is 3.32. The van der Waals surface area contributed by atoms with Gasteiger partial charge in [-0.1, -0.05) is 11.6 Å². The summed E-state index contributed by atoms with van der Waals surface area (Å²) in [6.07, 6.45) is 2.71. The van der Waals surface area contributed by atoms with E-state index in [4.69, 9.17) is 4.74 Å². The smallest absolute Gasteiger partial charge is 0.219 e. The summed E-state index contributed by atoms with van der Waals surface area (Å²) in [5, 5.41) is 9.91. The van der Waals surface area contributed by atoms with Gasteiger partial charge in [0.2, 0.25) is 5.88 Å². The zero-order chi connectivity index (χ0) is 11.4. The molecular formula is C11H14BrNO2. The molecule has 1 rings (SSSR count). The predicted molar refractivity (Wildman–Crippen MR) is 62.9 cm³/mol. The summed E-state index contributed by atoms with van der Waals surface area (Å²) in [7, 11) is 1.54. The van der Waals surface area contributed by atoms with Gasteiger partial charge in [0.25, 0.3) is 0 Å². The Morgan fingerprint density at radius 3 is 2.80 bits per heavy atom. The molecule has 0 amide bonds. The van der Waals surface area contributed by atoms with Crippen LogP contribution in [-0.2, 0) is 0 Å². The van der Waals surface area contributed by atoms with Crippen molar-refractivity contribution < 1.29 is 9.84 Å². The second kappa shape index (κ2) is 5.28. The van der Waals surface area contributed by atoms with Gasteiger partial charge in [0, 0.05) is 16.2 Å². The molecule has 15 heavy (non-hydrogen) atoms. The summed E-state index contributed by atoms with van der Waals surface area (Å²) in [4.78, 5) is 4.07. The zero-order valence-corrected chi connectivity index (χ0v) is 10.6. The molecule has 1 heterocycles. The van der Waals surface area contributed by atoms with Gasteiger partial charge in [0.05, 0.1) is 7.11 Å². The van der Waals surface area contributed by atoms with Crippen LogP contribution in [0, 0.1) is 0 Å². The van der Waals surface area contributed by atoms with Crippen molar-refractivity contribution in [2.45, 2.75) is 20.0 Å². The molecule has 0 radical (unpaired) electrons. The van der Waals surface area contributed by atoms with E-state index in [9.17, 15) is 5.11 Å². The van der Waals surface area contributed by atoms with Crippen LogP contribution in [0.1, 0.15) is 25.5 Å². The van der Waals surface area contributed by atoms with Crippen molar-refractivity contribution in [1.82, 2.24) is 4.98 Å². The Balaban J connectivity index is 3.11. The first-order valence-electron chi connectivity index (χ1n) is 4.57. The monoisotopic (exact) mass is 271 g/mol. The molecule has 0 aromatic carbocycles. The first-order valence-corrected chi connectivity index (χ1v) is 5.36. The van der Waals surface area contributed by atoms with Crippen molar-refractivity contribution in [2.75, 3.05) is 7.11 Å². The number of aliphatic hydroxyl groups excluding tert-OH is 1. The predicted octanol–water partition coefficient (Wildman–Crippen LogP) is 2.85. The van der Waals surface area contributed by atoms with Gasteiger partial charge < -0.3 is 9.84 Å². The number of halogens is 1. The third-order valence-corrected chi connectivity index (χ3v) is 2.28. The number of pyridine rings is 1. The summed E-state index contributed by atoms with van der Waals surface area (Å²) in [6.45, 7) is 3.86. The average Bonchev–Trinajstić information content (AvgIpc) is 2.16. The highest BCUT2D eigenvalue weighted by Gasteiger charge is 2.12. The molecule has 1 unspecified atom stereocenters. The van der Waals surface area contributed by atoms with Gasteiger partial charge in [0.15, 0.2) is 0 Å². The first-order chi connectivity index (χ1) is 7.04. The summed E-state index contributed by atoms with van der Waals surface area (Å²) >= 11 is 3.31. The lowest BCUT2D eigenvalue weighted by Gasteiger charge is -2.11. The Kier molecular flexibility index (Phi) is 4.29. The second-order valence-electron chi connectivity index (χ2n) is 3.44. The van der Waals surface area contributed by atoms with Gasteiger partial charge in [0.1, 0.15) is 6.10 Å². The van der Waals surface area contributed by atoms with E-state index in [1.165, 1.54) is 7.11 Å². The fraction of sp³-hybridized carbons (Fsp3) is 0.364. The van der Waals surface area contributed by atoms with Crippen molar-refractivity contribution in [1.29, 1.82) is 0 Å². The molecule has 4 heteroatoms. The maximum absolute atomic E-state index is 9.91. The van der Waals surface area contributed by atoms with E-state index in [0.717, 1.165) is 10.0 Å². The van der Waals surface area contributed by atoms with Crippen LogP contribution in [0.4, 0.5) is 0 Å². The highest BCUT2D eigenvalue weighted by Crippen LogP contribution is 2.27. The van der Waals surface area contributed by atoms with Crippen LogP contribution in [-0.4, -0.2) is 17.2 Å². The van der Waals surface area contributed by atoms with E-state index in [1.807, 2.05) is 13.8 Å². The first kappa shape index (κ1) is 12.2. The molecule has 1 aromatic rings. The van der Waals surface area contributed by atoms with Crippen molar-refractivity contribution in [3.05, 3.63) is 33.9 Å². The SMILES string of the molecule is COc1ncc(Br)cc1C(O)C=C(C)C. The van der Waals surface area contributed by atoms with Crippen molar-refractivity contribution >= 4 is 15.9 Å². The summed E-state index contributed by atoms with van der Waals surface area (Å²) in [5.41, 5.74) is 1.71. The van der Waals surface area contributed by atoms with Gasteiger partial charge in [-0.2, -0.15) is 0 Å². The molecule has 1 N–H and O–H groups in total. The van der Waals surface area contributed by atoms with E-state index in [0.29, 0.717) is 11.4 Å². The molecule has 1 aromatic heterocycles. The zero-order valence-electron chi connectivity index (χ0n) is 8.99. The number of aliphatic hydroxyl groups is 1. The molecule has 0 spiro atoms. The van der Waals surface area contributed by atoms with Crippen molar-refractivity contribution in [2.24, 2.45) is 0 Å². The normalized spacial score (nSPS) is 12.1. The van der Waals surface area contributed by atoms with Crippen LogP contribution in [0.5, 0.6) is 5.88 Å². The molecule has 0 aliphatic rings. The van der Waals surface area contributed by atoms with Crippen LogP contribution in [0.15, 0.2) is 28.4 Å². The van der Waals surface area contributed by atoms with Gasteiger partial charge >= 0.3 is 0 Å². The molecule has 3 nitrogen and oxygen atoms in total. The van der Waals surface area contributed by atoms with Crippen molar-refractivity contribution in [3.63, 3.8) is 0 Å². The number of ether oxygens (including phenoxy) is 1. The molecule has 0 aliphatic heterocycles. The topological polar surface area (TPSA) is 42.4 Å². The number of rotatable bonds is 3. The molecule has 82 valence electrons. The fourth-order valence-corrected chi connectivity index (χ4v) is 1.58. The number of hydrogen-bond acceptors (Lipinski definition) is 3. The minimum Gasteiger partial charge on any atom is -0.481 e. The van der Waals surface area contributed by atoms with E-state index in [-0.39, 0.29) is 0 Å². The lowest BCUT2D eigenvalue weighted by atomic mass is 10.1. The van der Waals surface area contributed by atoms with Gasteiger partial charge in [-0.05, 0) is 35.8 Å². The Morgan fingerprint density at radius 1 is 1.60 bits per heavy atom. The average molecular weight is 272 g/mol. The van der Waals surface area contributed by atoms with Crippen LogP contribution in [0.25, 0.3) is 0 Å². The van der Waals surface area contributed by atoms with E-state index in [2.05, 4.69) is 20.9 Å². The molecule has 1 atom stereocenters. The molecule has 0 saturated heterocycles. The maximum Gasteiger partial charge on any atom is 0.219 e. The minimum absolute atomic E-state index is 0.447. The van der Waals surface area contributed by atoms with E-state index >= 15 is 0 Å². The summed E-state index contributed by atoms with van der Waals surface area (Å²) in [5.74, 6) is 0.447. The molecular weight excluding hydrogens is 258 g/mol. The van der Waals surface area contributed by atoms with Crippen LogP contribution in [0.3, 0.4) is 0 Å². The Bertz CT molecular complexity index is 373. The van der Waals surface area contributed by atoms with Gasteiger partial charge in [-0.25, -0.2) is 4.98 Å². The van der Waals surface area contributed by atoms with Gasteiger partial charge in [-0.15, -0.1) is 0 Å². The number of aromatic nitrogens is 1. The van der Waals surface area contributed by atoms with Gasteiger partial charge in [-0.3, -0.25) is 0 Å². The quantitative estimate of drug-likeness (QED) is 0.860. The minimum atomic E-state index is -0.685. The lowest BCUT2D eigenvalue weighted by molar-refractivity contribution is 0.220. The fourth-order valence-electron chi connectivity index (χ4n) is 1.23. The highest BCUT2D eigenvalue weighted by molar-refractivity contribution is 9.10. The second-order valence-corrected chi connectivity index (χ2v) is 4.36.